The summed E-state index contributed by atoms with van der Waals surface area (Å²) in [6.07, 6.45) is -3.87. The van der Waals surface area contributed by atoms with Crippen LogP contribution < -0.4 is 16.4 Å². The van der Waals surface area contributed by atoms with Gasteiger partial charge in [0.25, 0.3) is 5.91 Å². The molecule has 0 bridgehead atoms. The number of nitrogens with zero attached hydrogens (tertiary/aromatic N) is 4. The lowest BCUT2D eigenvalue weighted by molar-refractivity contribution is -0.102. The van der Waals surface area contributed by atoms with Crippen molar-refractivity contribution < 1.29 is 25.2 Å². The molecule has 0 aliphatic rings. The second-order valence-corrected chi connectivity index (χ2v) is 7.16. The molecule has 31 heavy (non-hydrogen) atoms. The molecule has 0 saturated heterocycles. The van der Waals surface area contributed by atoms with Crippen LogP contribution in [0.4, 0.5) is 5.82 Å². The second kappa shape index (κ2) is 17.0. The Hall–Kier alpha value is -1.58. The maximum Gasteiger partial charge on any atom is 0.271 e. The summed E-state index contributed by atoms with van der Waals surface area (Å²) < 4.78 is 0. The number of carbonyl (C=O) groups excluding carboxylic acids is 1. The van der Waals surface area contributed by atoms with Gasteiger partial charge in [-0.05, 0) is 0 Å². The van der Waals surface area contributed by atoms with E-state index in [2.05, 4.69) is 30.9 Å². The van der Waals surface area contributed by atoms with Crippen LogP contribution in [0.1, 0.15) is 10.5 Å². The molecule has 1 heterocycles. The fourth-order valence-electron chi connectivity index (χ4n) is 2.01. The minimum Gasteiger partial charge on any atom is -0.389 e. The predicted octanol–water partition coefficient (Wildman–Crippen LogP) is -1.84. The average Bonchev–Trinajstić information content (AvgIpc) is 3.21. The number of imidazole rings is 1. The molecule has 0 spiro atoms. The Balaban J connectivity index is 0.000000609. The van der Waals surface area contributed by atoms with E-state index in [1.165, 1.54) is 11.3 Å². The van der Waals surface area contributed by atoms with E-state index in [1.54, 1.807) is 14.1 Å². The van der Waals surface area contributed by atoms with Gasteiger partial charge >= 0.3 is 0 Å². The first-order valence-corrected chi connectivity index (χ1v) is 10.4. The summed E-state index contributed by atoms with van der Waals surface area (Å²) in [5, 5.41) is 52.9. The summed E-state index contributed by atoms with van der Waals surface area (Å²) in [6.45, 7) is 1.15. The number of amides is 1. The third-order valence-corrected chi connectivity index (χ3v) is 3.94. The summed E-state index contributed by atoms with van der Waals surface area (Å²) in [5.74, 6) is 0.405. The van der Waals surface area contributed by atoms with E-state index < -0.39 is 30.3 Å². The van der Waals surface area contributed by atoms with E-state index in [4.69, 9.17) is 28.9 Å². The number of nitrogens with one attached hydrogen (secondary N) is 3. The van der Waals surface area contributed by atoms with Gasteiger partial charge in [0.1, 0.15) is 12.2 Å². The van der Waals surface area contributed by atoms with E-state index >= 15 is 0 Å². The van der Waals surface area contributed by atoms with Crippen molar-refractivity contribution in [1.82, 2.24) is 25.6 Å². The Morgan fingerprint density at radius 1 is 1.13 bits per heavy atom. The van der Waals surface area contributed by atoms with Crippen LogP contribution in [-0.4, -0.2) is 118 Å². The summed E-state index contributed by atoms with van der Waals surface area (Å²) in [4.78, 5) is 17.1. The van der Waals surface area contributed by atoms with Crippen LogP contribution in [0.3, 0.4) is 0 Å². The number of halogens is 2. The number of H-pyrrole nitrogens is 1. The molecular formula is C16H32Cl2N8O5. The zero-order valence-electron chi connectivity index (χ0n) is 17.4. The third kappa shape index (κ3) is 12.8. The highest BCUT2D eigenvalue weighted by Crippen LogP contribution is 2.12. The SMILES string of the molecule is CN(C)/N=N/c1[nH]cnc1C(N)=O.O[C@@H]([C@H](O)[C@H](O)CNCCCl)[C@H](O)CNCCCl. The summed E-state index contributed by atoms with van der Waals surface area (Å²) in [5.41, 5.74) is 5.12. The van der Waals surface area contributed by atoms with Crippen LogP contribution in [-0.2, 0) is 0 Å². The van der Waals surface area contributed by atoms with Crippen LogP contribution in [0.15, 0.2) is 16.7 Å². The Labute approximate surface area is 190 Å². The Bertz CT molecular complexity index is 617. The van der Waals surface area contributed by atoms with E-state index in [-0.39, 0.29) is 24.6 Å². The summed E-state index contributed by atoms with van der Waals surface area (Å²) >= 11 is 10.9. The van der Waals surface area contributed by atoms with Crippen molar-refractivity contribution >= 4 is 34.9 Å². The Kier molecular flexibility index (Phi) is 16.2. The quantitative estimate of drug-likeness (QED) is 0.0641. The number of aromatic nitrogens is 2. The van der Waals surface area contributed by atoms with Gasteiger partial charge in [0.15, 0.2) is 11.5 Å². The Morgan fingerprint density at radius 2 is 1.61 bits per heavy atom. The van der Waals surface area contributed by atoms with Gasteiger partial charge in [0.2, 0.25) is 0 Å². The molecule has 1 aromatic heterocycles. The molecular weight excluding hydrogens is 455 g/mol. The number of carbonyl (C=O) groups is 1. The van der Waals surface area contributed by atoms with E-state index in [1.807, 2.05) is 0 Å². The zero-order valence-corrected chi connectivity index (χ0v) is 19.0. The molecule has 13 nitrogen and oxygen atoms in total. The fraction of sp³-hybridized carbons (Fsp3) is 0.750. The van der Waals surface area contributed by atoms with Crippen LogP contribution in [0.25, 0.3) is 0 Å². The van der Waals surface area contributed by atoms with Gasteiger partial charge in [-0.2, -0.15) is 0 Å². The van der Waals surface area contributed by atoms with Gasteiger partial charge in [-0.15, -0.1) is 28.3 Å². The summed E-state index contributed by atoms with van der Waals surface area (Å²) in [6, 6.07) is 0. The number of rotatable bonds is 14. The summed E-state index contributed by atoms with van der Waals surface area (Å²) in [7, 11) is 3.42. The molecule has 15 heteroatoms. The first kappa shape index (κ1) is 29.4. The van der Waals surface area contributed by atoms with Gasteiger partial charge in [-0.25, -0.2) is 4.98 Å². The molecule has 0 radical (unpaired) electrons. The first-order chi connectivity index (χ1) is 14.6. The van der Waals surface area contributed by atoms with E-state index in [9.17, 15) is 25.2 Å². The lowest BCUT2D eigenvalue weighted by atomic mass is 10.0. The number of primary amides is 1. The number of aliphatic hydroxyl groups excluding tert-OH is 4. The number of alkyl halides is 2. The van der Waals surface area contributed by atoms with E-state index in [0.29, 0.717) is 24.8 Å². The minimum absolute atomic E-state index is 0.0885. The zero-order chi connectivity index (χ0) is 23.8. The topological polar surface area (TPSA) is 205 Å². The maximum atomic E-state index is 10.8. The highest BCUT2D eigenvalue weighted by molar-refractivity contribution is 6.18. The number of hydrogen-bond acceptors (Lipinski definition) is 10. The predicted molar refractivity (Wildman–Crippen MR) is 117 cm³/mol. The first-order valence-electron chi connectivity index (χ1n) is 9.33. The largest absolute Gasteiger partial charge is 0.389 e. The van der Waals surface area contributed by atoms with Gasteiger partial charge in [-0.3, -0.25) is 9.80 Å². The van der Waals surface area contributed by atoms with Crippen LogP contribution in [0.5, 0.6) is 0 Å². The lowest BCUT2D eigenvalue weighted by Crippen LogP contribution is -2.50. The molecule has 1 amide bonds. The number of aromatic amines is 1. The molecule has 0 fully saturated rings. The van der Waals surface area contributed by atoms with Crippen molar-refractivity contribution in [3.63, 3.8) is 0 Å². The van der Waals surface area contributed by atoms with Crippen molar-refractivity contribution in [3.8, 4) is 0 Å². The maximum absolute atomic E-state index is 10.8. The van der Waals surface area contributed by atoms with Gasteiger partial charge in [0.05, 0.1) is 18.5 Å². The molecule has 4 atom stereocenters. The van der Waals surface area contributed by atoms with Crippen molar-refractivity contribution in [2.75, 3.05) is 52.0 Å². The van der Waals surface area contributed by atoms with Crippen molar-refractivity contribution in [2.45, 2.75) is 24.4 Å². The van der Waals surface area contributed by atoms with Gasteiger partial charge in [-0.1, -0.05) is 5.22 Å². The molecule has 9 N–H and O–H groups in total. The molecule has 0 saturated carbocycles. The molecule has 180 valence electrons. The standard InChI is InChI=1S/C10H22Cl2N2O4.C6H10N6O/c11-1-3-13-5-7(15)9(17)10(18)8(16)6-14-4-2-12;1-12(2)11-10-6-4(5(7)13)8-3-9-6/h7-10,13-18H,1-6H2;3H,1-2H3,(H2,7,13)(H,8,9)/b;11-10+/t7-,8-,9-,10-;/m1./s1. The van der Waals surface area contributed by atoms with Crippen LogP contribution in [0.2, 0.25) is 0 Å². The number of nitrogens with two attached hydrogens (primary N) is 1. The van der Waals surface area contributed by atoms with Crippen LogP contribution in [0, 0.1) is 0 Å². The molecule has 0 aromatic carbocycles. The lowest BCUT2D eigenvalue weighted by Gasteiger charge is -2.26. The monoisotopic (exact) mass is 486 g/mol. The van der Waals surface area contributed by atoms with E-state index in [0.717, 1.165) is 0 Å². The molecule has 0 aliphatic heterocycles. The smallest absolute Gasteiger partial charge is 0.271 e. The van der Waals surface area contributed by atoms with Crippen LogP contribution >= 0.6 is 23.2 Å². The number of hydrogen-bond donors (Lipinski definition) is 8. The molecule has 1 aromatic rings. The van der Waals surface area contributed by atoms with Crippen molar-refractivity contribution in [1.29, 1.82) is 0 Å². The van der Waals surface area contributed by atoms with Crippen molar-refractivity contribution in [3.05, 3.63) is 12.0 Å². The average molecular weight is 487 g/mol. The number of aliphatic hydroxyl groups is 4. The van der Waals surface area contributed by atoms with Gasteiger partial charge in [0, 0.05) is 52.0 Å². The normalized spacial score (nSPS) is 15.1. The van der Waals surface area contributed by atoms with Crippen molar-refractivity contribution in [2.24, 2.45) is 16.1 Å². The second-order valence-electron chi connectivity index (χ2n) is 6.40. The fourth-order valence-corrected chi connectivity index (χ4v) is 2.28. The highest BCUT2D eigenvalue weighted by atomic mass is 35.5. The third-order valence-electron chi connectivity index (χ3n) is 3.56. The molecule has 0 unspecified atom stereocenters. The molecule has 0 aliphatic carbocycles. The minimum atomic E-state index is -1.43. The molecule has 1 rings (SSSR count). The Morgan fingerprint density at radius 3 is 2.00 bits per heavy atom. The van der Waals surface area contributed by atoms with Gasteiger partial charge < -0.3 is 41.8 Å². The highest BCUT2D eigenvalue weighted by Gasteiger charge is 2.29.